The zero-order chi connectivity index (χ0) is 18.5. The van der Waals surface area contributed by atoms with Crippen molar-refractivity contribution in [1.82, 2.24) is 4.23 Å². The van der Waals surface area contributed by atoms with Gasteiger partial charge in [-0.1, -0.05) is 43.4 Å². The topological polar surface area (TPSA) is 3.24 Å². The van der Waals surface area contributed by atoms with Crippen LogP contribution < -0.4 is 0 Å². The first kappa shape index (κ1) is 22.8. The Hall–Kier alpha value is -1.17. The molecule has 1 radical (unpaired) electrons. The van der Waals surface area contributed by atoms with Crippen LogP contribution in [0.3, 0.4) is 0 Å². The molecule has 0 aliphatic rings. The van der Waals surface area contributed by atoms with Crippen molar-refractivity contribution in [3.63, 3.8) is 0 Å². The van der Waals surface area contributed by atoms with E-state index in [0.29, 0.717) is 0 Å². The lowest BCUT2D eigenvalue weighted by molar-refractivity contribution is 0.671. The molecule has 133 valence electrons. The first-order chi connectivity index (χ1) is 11.6. The summed E-state index contributed by atoms with van der Waals surface area (Å²) in [6.45, 7) is 29.0. The van der Waals surface area contributed by atoms with Gasteiger partial charge in [-0.25, -0.2) is 0 Å². The molecule has 0 unspecified atom stereocenters. The lowest BCUT2D eigenvalue weighted by atomic mass is 10.5. The van der Waals surface area contributed by atoms with Crippen LogP contribution in [0.15, 0.2) is 75.9 Å². The summed E-state index contributed by atoms with van der Waals surface area (Å²) >= 11 is 0. The van der Waals surface area contributed by atoms with Crippen molar-refractivity contribution in [2.24, 2.45) is 0 Å². The standard InChI is InChI=1S/C21H36NSi2/c1-8-15-22(23(16-9-2,17-10-3)18-11-4)24(19-12-5,20-13-6)21-14-7/h9-15H,2-8,16-21H2,1H3. The van der Waals surface area contributed by atoms with Gasteiger partial charge in [0.15, 0.2) is 0 Å². The summed E-state index contributed by atoms with van der Waals surface area (Å²) < 4.78 is 2.80. The minimum atomic E-state index is -1.85. The van der Waals surface area contributed by atoms with E-state index in [1.165, 1.54) is 0 Å². The Morgan fingerprint density at radius 2 is 0.833 bits per heavy atom. The SMILES string of the molecule is C=CC[Si](CC=C)(CC=C)N([CH]CC)[Si](CC=C)(CC=C)CC=C. The number of hydrogen-bond donors (Lipinski definition) is 0. The fraction of sp³-hybridized carbons (Fsp3) is 0.381. The van der Waals surface area contributed by atoms with E-state index < -0.39 is 16.5 Å². The molecule has 0 spiro atoms. The van der Waals surface area contributed by atoms with Crippen molar-refractivity contribution in [2.45, 2.75) is 49.6 Å². The molecule has 0 heterocycles. The van der Waals surface area contributed by atoms with Crippen LogP contribution in [0.1, 0.15) is 13.3 Å². The van der Waals surface area contributed by atoms with Gasteiger partial charge in [0.2, 0.25) is 0 Å². The lowest BCUT2D eigenvalue weighted by Crippen LogP contribution is -2.64. The average Bonchev–Trinajstić information content (AvgIpc) is 2.54. The quantitative estimate of drug-likeness (QED) is 0.215. The van der Waals surface area contributed by atoms with Gasteiger partial charge in [-0.3, -0.25) is 0 Å². The molecule has 0 rings (SSSR count). The molecular weight excluding hydrogens is 322 g/mol. The highest BCUT2D eigenvalue weighted by atomic mass is 28.4. The number of rotatable bonds is 16. The molecule has 0 bridgehead atoms. The van der Waals surface area contributed by atoms with Crippen LogP contribution in [0.5, 0.6) is 0 Å². The van der Waals surface area contributed by atoms with Gasteiger partial charge in [-0.15, -0.1) is 39.5 Å². The van der Waals surface area contributed by atoms with Crippen molar-refractivity contribution in [3.05, 3.63) is 82.5 Å². The monoisotopic (exact) mass is 358 g/mol. The molecule has 0 fully saturated rings. The number of nitrogens with zero attached hydrogens (tertiary/aromatic N) is 1. The second kappa shape index (κ2) is 12.2. The largest absolute Gasteiger partial charge is 0.340 e. The highest BCUT2D eigenvalue weighted by Gasteiger charge is 2.47. The van der Waals surface area contributed by atoms with Gasteiger partial charge in [-0.2, -0.15) is 0 Å². The Morgan fingerprint density at radius 1 is 0.583 bits per heavy atom. The van der Waals surface area contributed by atoms with E-state index in [1.807, 2.05) is 0 Å². The van der Waals surface area contributed by atoms with Gasteiger partial charge >= 0.3 is 0 Å². The molecule has 3 heteroatoms. The van der Waals surface area contributed by atoms with Crippen LogP contribution in [0.25, 0.3) is 0 Å². The van der Waals surface area contributed by atoms with Crippen LogP contribution >= 0.6 is 0 Å². The van der Waals surface area contributed by atoms with Gasteiger partial charge in [0.05, 0.1) is 0 Å². The maximum atomic E-state index is 4.05. The van der Waals surface area contributed by atoms with E-state index in [-0.39, 0.29) is 0 Å². The third-order valence-corrected chi connectivity index (χ3v) is 16.1. The summed E-state index contributed by atoms with van der Waals surface area (Å²) in [7, 11) is -3.70. The third-order valence-electron chi connectivity index (χ3n) is 4.53. The summed E-state index contributed by atoms with van der Waals surface area (Å²) in [4.78, 5) is 0. The van der Waals surface area contributed by atoms with Gasteiger partial charge in [0.25, 0.3) is 0 Å². The van der Waals surface area contributed by atoms with E-state index in [2.05, 4.69) is 93.6 Å². The summed E-state index contributed by atoms with van der Waals surface area (Å²) in [6.07, 6.45) is 13.6. The molecule has 1 nitrogen and oxygen atoms in total. The summed E-state index contributed by atoms with van der Waals surface area (Å²) in [6, 6.07) is 6.26. The molecule has 0 aromatic rings. The van der Waals surface area contributed by atoms with E-state index >= 15 is 0 Å². The summed E-state index contributed by atoms with van der Waals surface area (Å²) in [5, 5.41) is 0. The second-order valence-corrected chi connectivity index (χ2v) is 15.1. The molecule has 0 aromatic carbocycles. The van der Waals surface area contributed by atoms with Gasteiger partial charge < -0.3 is 4.23 Å². The fourth-order valence-electron chi connectivity index (χ4n) is 3.78. The zero-order valence-electron chi connectivity index (χ0n) is 15.7. The predicted octanol–water partition coefficient (Wildman–Crippen LogP) is 6.87. The maximum absolute atomic E-state index is 4.05. The maximum Gasteiger partial charge on any atom is 0.133 e. The summed E-state index contributed by atoms with van der Waals surface area (Å²) in [5.74, 6) is 0. The van der Waals surface area contributed by atoms with Gasteiger partial charge in [0.1, 0.15) is 16.5 Å². The van der Waals surface area contributed by atoms with E-state index in [4.69, 9.17) is 0 Å². The van der Waals surface area contributed by atoms with E-state index in [1.54, 1.807) is 0 Å². The molecule has 0 aliphatic carbocycles. The van der Waals surface area contributed by atoms with Crippen LogP contribution in [-0.4, -0.2) is 20.7 Å². The minimum absolute atomic E-state index is 1.03. The molecular formula is C21H36NSi2. The van der Waals surface area contributed by atoms with Gasteiger partial charge in [-0.05, 0) is 42.7 Å². The molecule has 24 heavy (non-hydrogen) atoms. The highest BCUT2D eigenvalue weighted by molar-refractivity contribution is 6.94. The first-order valence-electron chi connectivity index (χ1n) is 8.84. The number of allylic oxidation sites excluding steroid dienone is 6. The Bertz CT molecular complexity index is 348. The first-order valence-corrected chi connectivity index (χ1v) is 14.0. The normalized spacial score (nSPS) is 11.8. The van der Waals surface area contributed by atoms with Crippen molar-refractivity contribution in [1.29, 1.82) is 0 Å². The van der Waals surface area contributed by atoms with Crippen molar-refractivity contribution in [2.75, 3.05) is 0 Å². The predicted molar refractivity (Wildman–Crippen MR) is 118 cm³/mol. The van der Waals surface area contributed by atoms with Crippen molar-refractivity contribution < 1.29 is 0 Å². The molecule has 0 atom stereocenters. The Kier molecular flexibility index (Phi) is 11.6. The Balaban J connectivity index is 6.33. The average molecular weight is 359 g/mol. The minimum Gasteiger partial charge on any atom is -0.340 e. The van der Waals surface area contributed by atoms with E-state index in [9.17, 15) is 0 Å². The molecule has 0 saturated heterocycles. The van der Waals surface area contributed by atoms with Crippen molar-refractivity contribution >= 4 is 16.5 Å². The third kappa shape index (κ3) is 5.73. The summed E-state index contributed by atoms with van der Waals surface area (Å²) in [5.41, 5.74) is 0. The van der Waals surface area contributed by atoms with E-state index in [0.717, 1.165) is 42.7 Å². The number of hydrogen-bond acceptors (Lipinski definition) is 1. The Morgan fingerprint density at radius 3 is 1.00 bits per heavy atom. The molecule has 0 aromatic heterocycles. The Labute approximate surface area is 153 Å². The zero-order valence-corrected chi connectivity index (χ0v) is 17.7. The molecule has 0 saturated carbocycles. The van der Waals surface area contributed by atoms with Gasteiger partial charge in [0, 0.05) is 6.54 Å². The van der Waals surface area contributed by atoms with Crippen LogP contribution in [0, 0.1) is 6.54 Å². The molecule has 0 amide bonds. The smallest absolute Gasteiger partial charge is 0.133 e. The van der Waals surface area contributed by atoms with Crippen LogP contribution in [0.4, 0.5) is 0 Å². The van der Waals surface area contributed by atoms with Crippen molar-refractivity contribution in [3.8, 4) is 0 Å². The van der Waals surface area contributed by atoms with Crippen LogP contribution in [0.2, 0.25) is 36.3 Å². The highest BCUT2D eigenvalue weighted by Crippen LogP contribution is 2.39. The lowest BCUT2D eigenvalue weighted by Gasteiger charge is -2.52. The fourth-order valence-corrected chi connectivity index (χ4v) is 16.0. The second-order valence-electron chi connectivity index (χ2n) is 6.37. The molecule has 0 N–H and O–H groups in total. The van der Waals surface area contributed by atoms with Crippen LogP contribution in [-0.2, 0) is 0 Å². The molecule has 0 aliphatic heterocycles.